The van der Waals surface area contributed by atoms with Gasteiger partial charge in [-0.25, -0.2) is 0 Å². The first-order valence-corrected chi connectivity index (χ1v) is 6.36. The van der Waals surface area contributed by atoms with Gasteiger partial charge in [-0.2, -0.15) is 0 Å². The summed E-state index contributed by atoms with van der Waals surface area (Å²) in [4.78, 5) is 4.32. The predicted octanol–water partition coefficient (Wildman–Crippen LogP) is 3.82. The smallest absolute Gasteiger partial charge is 0.0403 e. The van der Waals surface area contributed by atoms with Gasteiger partial charge in [0.1, 0.15) is 0 Å². The second kappa shape index (κ2) is 6.19. The summed E-state index contributed by atoms with van der Waals surface area (Å²) in [6.45, 7) is 2.15. The highest BCUT2D eigenvalue weighted by Crippen LogP contribution is 2.09. The van der Waals surface area contributed by atoms with Crippen molar-refractivity contribution in [3.8, 4) is 0 Å². The van der Waals surface area contributed by atoms with Crippen molar-refractivity contribution in [2.45, 2.75) is 32.6 Å². The standard InChI is InChI=1S/C16H19N/c1-2-16-13-15(11-12-17-16)10-6-9-14-7-4-3-5-8-14/h3-5,7-8,11-13H,2,6,9-10H2,1H3. The first-order valence-electron chi connectivity index (χ1n) is 6.36. The van der Waals surface area contributed by atoms with E-state index < -0.39 is 0 Å². The van der Waals surface area contributed by atoms with Gasteiger partial charge in [0.15, 0.2) is 0 Å². The zero-order valence-electron chi connectivity index (χ0n) is 10.4. The van der Waals surface area contributed by atoms with Crippen molar-refractivity contribution in [1.82, 2.24) is 4.98 Å². The van der Waals surface area contributed by atoms with Crippen molar-refractivity contribution in [3.05, 3.63) is 65.5 Å². The number of aromatic nitrogens is 1. The molecule has 0 bridgehead atoms. The molecule has 0 unspecified atom stereocenters. The summed E-state index contributed by atoms with van der Waals surface area (Å²) in [5.41, 5.74) is 4.03. The van der Waals surface area contributed by atoms with Crippen molar-refractivity contribution in [3.63, 3.8) is 0 Å². The van der Waals surface area contributed by atoms with Crippen LogP contribution in [-0.2, 0) is 19.3 Å². The second-order valence-electron chi connectivity index (χ2n) is 4.35. The molecular weight excluding hydrogens is 206 g/mol. The highest BCUT2D eigenvalue weighted by Gasteiger charge is 1.97. The van der Waals surface area contributed by atoms with Crippen LogP contribution >= 0.6 is 0 Å². The van der Waals surface area contributed by atoms with Crippen molar-refractivity contribution in [1.29, 1.82) is 0 Å². The van der Waals surface area contributed by atoms with Crippen molar-refractivity contribution in [2.75, 3.05) is 0 Å². The Morgan fingerprint density at radius 3 is 2.47 bits per heavy atom. The van der Waals surface area contributed by atoms with Gasteiger partial charge in [-0.3, -0.25) is 4.98 Å². The van der Waals surface area contributed by atoms with E-state index in [1.54, 1.807) is 0 Å². The zero-order chi connectivity index (χ0) is 11.9. The normalized spacial score (nSPS) is 10.4. The third kappa shape index (κ3) is 3.70. The molecule has 0 saturated carbocycles. The van der Waals surface area contributed by atoms with E-state index >= 15 is 0 Å². The van der Waals surface area contributed by atoms with Gasteiger partial charge in [-0.05, 0) is 48.9 Å². The Labute approximate surface area is 104 Å². The molecule has 2 aromatic rings. The van der Waals surface area contributed by atoms with Gasteiger partial charge in [-0.15, -0.1) is 0 Å². The third-order valence-electron chi connectivity index (χ3n) is 3.02. The third-order valence-corrected chi connectivity index (χ3v) is 3.02. The lowest BCUT2D eigenvalue weighted by molar-refractivity contribution is 0.816. The fourth-order valence-corrected chi connectivity index (χ4v) is 2.02. The predicted molar refractivity (Wildman–Crippen MR) is 72.1 cm³/mol. The van der Waals surface area contributed by atoms with Crippen molar-refractivity contribution < 1.29 is 0 Å². The molecule has 0 radical (unpaired) electrons. The Bertz CT molecular complexity index is 448. The van der Waals surface area contributed by atoms with Crippen LogP contribution in [0.3, 0.4) is 0 Å². The lowest BCUT2D eigenvalue weighted by Gasteiger charge is -2.03. The van der Waals surface area contributed by atoms with Crippen LogP contribution < -0.4 is 0 Å². The zero-order valence-corrected chi connectivity index (χ0v) is 10.4. The van der Waals surface area contributed by atoms with Crippen LogP contribution in [0.15, 0.2) is 48.7 Å². The summed E-state index contributed by atoms with van der Waals surface area (Å²) in [7, 11) is 0. The largest absolute Gasteiger partial charge is 0.261 e. The number of hydrogen-bond donors (Lipinski definition) is 0. The lowest BCUT2D eigenvalue weighted by atomic mass is 10.0. The van der Waals surface area contributed by atoms with Gasteiger partial charge in [0, 0.05) is 11.9 Å². The SMILES string of the molecule is CCc1cc(CCCc2ccccc2)ccn1. The monoisotopic (exact) mass is 225 g/mol. The molecular formula is C16H19N. The number of aryl methyl sites for hydroxylation is 3. The summed E-state index contributed by atoms with van der Waals surface area (Å²) in [6, 6.07) is 15.0. The fraction of sp³-hybridized carbons (Fsp3) is 0.312. The highest BCUT2D eigenvalue weighted by atomic mass is 14.7. The van der Waals surface area contributed by atoms with E-state index in [-0.39, 0.29) is 0 Å². The molecule has 17 heavy (non-hydrogen) atoms. The van der Waals surface area contributed by atoms with Crippen LogP contribution in [0.2, 0.25) is 0 Å². The quantitative estimate of drug-likeness (QED) is 0.754. The minimum atomic E-state index is 1.02. The highest BCUT2D eigenvalue weighted by molar-refractivity contribution is 5.18. The molecule has 0 atom stereocenters. The molecule has 0 aliphatic rings. The van der Waals surface area contributed by atoms with Crippen LogP contribution in [0.4, 0.5) is 0 Å². The maximum atomic E-state index is 4.32. The maximum Gasteiger partial charge on any atom is 0.0403 e. The summed E-state index contributed by atoms with van der Waals surface area (Å²) >= 11 is 0. The fourth-order valence-electron chi connectivity index (χ4n) is 2.02. The Balaban J connectivity index is 1.86. The van der Waals surface area contributed by atoms with Crippen LogP contribution in [-0.4, -0.2) is 4.98 Å². The van der Waals surface area contributed by atoms with Gasteiger partial charge in [0.2, 0.25) is 0 Å². The van der Waals surface area contributed by atoms with Crippen LogP contribution in [0.5, 0.6) is 0 Å². The minimum absolute atomic E-state index is 1.02. The van der Waals surface area contributed by atoms with Crippen molar-refractivity contribution >= 4 is 0 Å². The molecule has 0 fully saturated rings. The van der Waals surface area contributed by atoms with E-state index in [1.165, 1.54) is 23.2 Å². The van der Waals surface area contributed by atoms with Gasteiger partial charge in [0.25, 0.3) is 0 Å². The van der Waals surface area contributed by atoms with E-state index in [0.29, 0.717) is 0 Å². The van der Waals surface area contributed by atoms with Crippen LogP contribution in [0, 0.1) is 0 Å². The molecule has 1 heteroatoms. The first-order chi connectivity index (χ1) is 8.38. The Hall–Kier alpha value is -1.63. The van der Waals surface area contributed by atoms with Crippen LogP contribution in [0.25, 0.3) is 0 Å². The maximum absolute atomic E-state index is 4.32. The lowest BCUT2D eigenvalue weighted by Crippen LogP contribution is -1.93. The Kier molecular flexibility index (Phi) is 4.31. The van der Waals surface area contributed by atoms with E-state index in [1.807, 2.05) is 6.20 Å². The van der Waals surface area contributed by atoms with Crippen LogP contribution in [0.1, 0.15) is 30.2 Å². The van der Waals surface area contributed by atoms with Gasteiger partial charge in [0.05, 0.1) is 0 Å². The Morgan fingerprint density at radius 1 is 0.941 bits per heavy atom. The molecule has 1 heterocycles. The molecule has 0 aliphatic heterocycles. The first kappa shape index (κ1) is 11.8. The van der Waals surface area contributed by atoms with E-state index in [4.69, 9.17) is 0 Å². The molecule has 0 amide bonds. The number of hydrogen-bond acceptors (Lipinski definition) is 1. The molecule has 0 spiro atoms. The number of benzene rings is 1. The molecule has 1 aromatic carbocycles. The molecule has 2 rings (SSSR count). The summed E-state index contributed by atoms with van der Waals surface area (Å²) in [5, 5.41) is 0. The van der Waals surface area contributed by atoms with Gasteiger partial charge >= 0.3 is 0 Å². The molecule has 88 valence electrons. The average molecular weight is 225 g/mol. The molecule has 1 nitrogen and oxygen atoms in total. The average Bonchev–Trinajstić information content (AvgIpc) is 2.40. The van der Waals surface area contributed by atoms with Crippen molar-refractivity contribution in [2.24, 2.45) is 0 Å². The summed E-state index contributed by atoms with van der Waals surface area (Å²) in [6.07, 6.45) is 6.45. The molecule has 1 aromatic heterocycles. The van der Waals surface area contributed by atoms with E-state index in [2.05, 4.69) is 54.4 Å². The van der Waals surface area contributed by atoms with E-state index in [9.17, 15) is 0 Å². The minimum Gasteiger partial charge on any atom is -0.261 e. The molecule has 0 aliphatic carbocycles. The van der Waals surface area contributed by atoms with Gasteiger partial charge < -0.3 is 0 Å². The van der Waals surface area contributed by atoms with E-state index in [0.717, 1.165) is 19.3 Å². The molecule has 0 saturated heterocycles. The summed E-state index contributed by atoms with van der Waals surface area (Å²) < 4.78 is 0. The Morgan fingerprint density at radius 2 is 1.71 bits per heavy atom. The van der Waals surface area contributed by atoms with Gasteiger partial charge in [-0.1, -0.05) is 37.3 Å². The number of pyridine rings is 1. The number of rotatable bonds is 5. The summed E-state index contributed by atoms with van der Waals surface area (Å²) in [5.74, 6) is 0. The second-order valence-corrected chi connectivity index (χ2v) is 4.35. The molecule has 0 N–H and O–H groups in total. The number of nitrogens with zero attached hydrogens (tertiary/aromatic N) is 1. The topological polar surface area (TPSA) is 12.9 Å².